The number of benzene rings is 1. The predicted molar refractivity (Wildman–Crippen MR) is 104 cm³/mol. The van der Waals surface area contributed by atoms with Crippen LogP contribution >= 0.6 is 11.8 Å². The Morgan fingerprint density at radius 1 is 1.19 bits per heavy atom. The molecule has 27 heavy (non-hydrogen) atoms. The number of hydrogen-bond acceptors (Lipinski definition) is 4. The van der Waals surface area contributed by atoms with Crippen LogP contribution in [0, 0.1) is 0 Å². The van der Waals surface area contributed by atoms with Crippen LogP contribution in [-0.2, 0) is 16.1 Å². The van der Waals surface area contributed by atoms with E-state index >= 15 is 0 Å². The second-order valence-corrected chi connectivity index (χ2v) is 8.62. The van der Waals surface area contributed by atoms with E-state index in [0.29, 0.717) is 12.3 Å². The van der Waals surface area contributed by atoms with Crippen molar-refractivity contribution < 1.29 is 19.5 Å². The number of thioether (sulfide) groups is 1. The van der Waals surface area contributed by atoms with Gasteiger partial charge in [-0.1, -0.05) is 38.8 Å². The van der Waals surface area contributed by atoms with Gasteiger partial charge in [-0.05, 0) is 30.5 Å². The second kappa shape index (κ2) is 7.92. The quantitative estimate of drug-likeness (QED) is 0.774. The van der Waals surface area contributed by atoms with E-state index in [9.17, 15) is 14.4 Å². The average Bonchev–Trinajstić information content (AvgIpc) is 3.00. The molecular formula is C20H26N2O4S. The standard InChI is InChI=1S/C20H26N2O4S/c1-3-9-20(10-4-2)22-16(13-27-20)18(24)21(12-17(22)23)11-14-5-7-15(8-6-14)19(25)26/h5-8,16H,3-4,9-13H2,1-2H3,(H,25,26). The monoisotopic (exact) mass is 390 g/mol. The van der Waals surface area contributed by atoms with Crippen molar-refractivity contribution in [1.29, 1.82) is 0 Å². The van der Waals surface area contributed by atoms with Gasteiger partial charge in [-0.2, -0.15) is 0 Å². The number of carbonyl (C=O) groups excluding carboxylic acids is 2. The second-order valence-electron chi connectivity index (χ2n) is 7.23. The molecule has 2 amide bonds. The van der Waals surface area contributed by atoms with Crippen molar-refractivity contribution in [3.8, 4) is 0 Å². The molecule has 2 aliphatic heterocycles. The van der Waals surface area contributed by atoms with Crippen LogP contribution in [0.1, 0.15) is 55.5 Å². The Hall–Kier alpha value is -2.02. The fourth-order valence-electron chi connectivity index (χ4n) is 4.17. The smallest absolute Gasteiger partial charge is 0.335 e. The van der Waals surface area contributed by atoms with E-state index in [-0.39, 0.29) is 34.8 Å². The first-order chi connectivity index (χ1) is 12.9. The Labute approximate surface area is 163 Å². The van der Waals surface area contributed by atoms with E-state index in [4.69, 9.17) is 5.11 Å². The molecule has 2 aliphatic rings. The molecule has 0 bridgehead atoms. The number of carbonyl (C=O) groups is 3. The number of rotatable bonds is 7. The van der Waals surface area contributed by atoms with Gasteiger partial charge >= 0.3 is 5.97 Å². The number of carboxylic acids is 1. The Morgan fingerprint density at radius 3 is 2.37 bits per heavy atom. The maximum absolute atomic E-state index is 13.1. The molecule has 2 fully saturated rings. The molecule has 0 aromatic heterocycles. The first-order valence-electron chi connectivity index (χ1n) is 9.49. The van der Waals surface area contributed by atoms with Crippen molar-refractivity contribution >= 4 is 29.5 Å². The van der Waals surface area contributed by atoms with Crippen LogP contribution in [0.5, 0.6) is 0 Å². The average molecular weight is 391 g/mol. The zero-order valence-electron chi connectivity index (χ0n) is 15.8. The third-order valence-electron chi connectivity index (χ3n) is 5.31. The number of hydrogen-bond donors (Lipinski definition) is 1. The van der Waals surface area contributed by atoms with Gasteiger partial charge in [-0.3, -0.25) is 9.59 Å². The van der Waals surface area contributed by atoms with Gasteiger partial charge in [0.1, 0.15) is 12.6 Å². The summed E-state index contributed by atoms with van der Waals surface area (Å²) in [6.07, 6.45) is 3.80. The van der Waals surface area contributed by atoms with E-state index in [0.717, 1.165) is 31.2 Å². The Bertz CT molecular complexity index is 728. The van der Waals surface area contributed by atoms with Gasteiger partial charge in [0.05, 0.1) is 10.4 Å². The van der Waals surface area contributed by atoms with E-state index in [1.54, 1.807) is 28.8 Å². The molecule has 146 valence electrons. The lowest BCUT2D eigenvalue weighted by Gasteiger charge is -2.44. The fourth-order valence-corrected chi connectivity index (χ4v) is 6.00. The summed E-state index contributed by atoms with van der Waals surface area (Å²) in [4.78, 5) is 40.2. The molecule has 7 heteroatoms. The SMILES string of the molecule is CCCC1(CCC)SCC2C(=O)N(Cc3ccc(C(=O)O)cc3)CC(=O)N21. The van der Waals surface area contributed by atoms with Crippen molar-refractivity contribution in [2.75, 3.05) is 12.3 Å². The fraction of sp³-hybridized carbons (Fsp3) is 0.550. The molecule has 0 radical (unpaired) electrons. The van der Waals surface area contributed by atoms with Gasteiger partial charge in [0, 0.05) is 12.3 Å². The van der Waals surface area contributed by atoms with Gasteiger partial charge in [0.2, 0.25) is 11.8 Å². The molecule has 1 N–H and O–H groups in total. The van der Waals surface area contributed by atoms with E-state index in [1.165, 1.54) is 12.1 Å². The van der Waals surface area contributed by atoms with Crippen molar-refractivity contribution in [3.05, 3.63) is 35.4 Å². The zero-order chi connectivity index (χ0) is 19.6. The number of amides is 2. The number of carboxylic acid groups (broad SMARTS) is 1. The third kappa shape index (κ3) is 3.70. The molecule has 1 aromatic carbocycles. The highest BCUT2D eigenvalue weighted by atomic mass is 32.2. The molecule has 0 aliphatic carbocycles. The summed E-state index contributed by atoms with van der Waals surface area (Å²) in [5.74, 6) is -0.307. The van der Waals surface area contributed by atoms with Crippen molar-refractivity contribution in [1.82, 2.24) is 9.80 Å². The van der Waals surface area contributed by atoms with Crippen LogP contribution in [0.25, 0.3) is 0 Å². The minimum atomic E-state index is -0.979. The number of aromatic carboxylic acids is 1. The number of nitrogens with zero attached hydrogens (tertiary/aromatic N) is 2. The summed E-state index contributed by atoms with van der Waals surface area (Å²) in [5.41, 5.74) is 1.04. The Balaban J connectivity index is 1.77. The van der Waals surface area contributed by atoms with E-state index in [2.05, 4.69) is 13.8 Å². The van der Waals surface area contributed by atoms with Crippen LogP contribution in [0.4, 0.5) is 0 Å². The molecule has 6 nitrogen and oxygen atoms in total. The first-order valence-corrected chi connectivity index (χ1v) is 10.5. The number of fused-ring (bicyclic) bond motifs is 1. The summed E-state index contributed by atoms with van der Waals surface area (Å²) in [6, 6.07) is 6.08. The van der Waals surface area contributed by atoms with E-state index in [1.807, 2.05) is 4.90 Å². The maximum Gasteiger partial charge on any atom is 0.335 e. The van der Waals surface area contributed by atoms with Gasteiger partial charge < -0.3 is 14.9 Å². The van der Waals surface area contributed by atoms with E-state index < -0.39 is 5.97 Å². The van der Waals surface area contributed by atoms with Gasteiger partial charge in [-0.25, -0.2) is 4.79 Å². The van der Waals surface area contributed by atoms with Gasteiger partial charge in [0.15, 0.2) is 0 Å². The molecule has 1 unspecified atom stereocenters. The molecule has 2 saturated heterocycles. The van der Waals surface area contributed by atoms with Crippen LogP contribution < -0.4 is 0 Å². The lowest BCUT2D eigenvalue weighted by Crippen LogP contribution is -2.62. The summed E-state index contributed by atoms with van der Waals surface area (Å²) < 4.78 is 0. The van der Waals surface area contributed by atoms with Gasteiger partial charge in [0.25, 0.3) is 0 Å². The molecule has 3 rings (SSSR count). The molecular weight excluding hydrogens is 364 g/mol. The van der Waals surface area contributed by atoms with Crippen molar-refractivity contribution in [2.24, 2.45) is 0 Å². The molecule has 1 aromatic rings. The minimum Gasteiger partial charge on any atom is -0.478 e. The summed E-state index contributed by atoms with van der Waals surface area (Å²) in [6.45, 7) is 4.66. The molecule has 1 atom stereocenters. The lowest BCUT2D eigenvalue weighted by atomic mass is 9.99. The Morgan fingerprint density at radius 2 is 1.81 bits per heavy atom. The normalized spacial score (nSPS) is 21.5. The molecule has 0 spiro atoms. The highest BCUT2D eigenvalue weighted by Gasteiger charge is 2.54. The predicted octanol–water partition coefficient (Wildman–Crippen LogP) is 2.97. The van der Waals surface area contributed by atoms with Crippen LogP contribution in [0.2, 0.25) is 0 Å². The van der Waals surface area contributed by atoms with Crippen LogP contribution in [0.3, 0.4) is 0 Å². The zero-order valence-corrected chi connectivity index (χ0v) is 16.6. The number of piperazine rings is 1. The molecule has 2 heterocycles. The summed E-state index contributed by atoms with van der Waals surface area (Å²) in [7, 11) is 0. The minimum absolute atomic E-state index is 0.00140. The lowest BCUT2D eigenvalue weighted by molar-refractivity contribution is -0.158. The Kier molecular flexibility index (Phi) is 5.79. The largest absolute Gasteiger partial charge is 0.478 e. The first kappa shape index (κ1) is 19.7. The maximum atomic E-state index is 13.1. The third-order valence-corrected chi connectivity index (χ3v) is 6.93. The highest BCUT2D eigenvalue weighted by molar-refractivity contribution is 8.01. The van der Waals surface area contributed by atoms with Crippen molar-refractivity contribution in [2.45, 2.75) is 57.0 Å². The van der Waals surface area contributed by atoms with Crippen molar-refractivity contribution in [3.63, 3.8) is 0 Å². The summed E-state index contributed by atoms with van der Waals surface area (Å²) >= 11 is 1.76. The highest BCUT2D eigenvalue weighted by Crippen LogP contribution is 2.47. The summed E-state index contributed by atoms with van der Waals surface area (Å²) in [5, 5.41) is 9.00. The van der Waals surface area contributed by atoms with Crippen LogP contribution in [0.15, 0.2) is 24.3 Å². The van der Waals surface area contributed by atoms with Gasteiger partial charge in [-0.15, -0.1) is 11.8 Å². The molecule has 0 saturated carbocycles. The van der Waals surface area contributed by atoms with Crippen LogP contribution in [-0.4, -0.2) is 55.9 Å². The topological polar surface area (TPSA) is 77.9 Å².